The van der Waals surface area contributed by atoms with E-state index in [0.717, 1.165) is 26.7 Å². The molecular formula is C21H20N3O2S+. The summed E-state index contributed by atoms with van der Waals surface area (Å²) in [6.45, 7) is 4.58. The summed E-state index contributed by atoms with van der Waals surface area (Å²) in [5.74, 6) is 0.562. The van der Waals surface area contributed by atoms with E-state index in [9.17, 15) is 4.79 Å². The van der Waals surface area contributed by atoms with Crippen LogP contribution in [0.25, 0.3) is 16.8 Å². The molecule has 1 aromatic carbocycles. The summed E-state index contributed by atoms with van der Waals surface area (Å²) in [5, 5.41) is 1.02. The zero-order chi connectivity index (χ0) is 19.0. The van der Waals surface area contributed by atoms with Gasteiger partial charge in [0.05, 0.1) is 23.2 Å². The molecule has 0 aliphatic rings. The van der Waals surface area contributed by atoms with Crippen LogP contribution in [0.15, 0.2) is 59.7 Å². The summed E-state index contributed by atoms with van der Waals surface area (Å²) in [6, 6.07) is 13.6. The fraction of sp³-hybridized carbons (Fsp3) is 0.190. The van der Waals surface area contributed by atoms with E-state index < -0.39 is 0 Å². The van der Waals surface area contributed by atoms with Gasteiger partial charge in [0.15, 0.2) is 5.56 Å². The van der Waals surface area contributed by atoms with Crippen LogP contribution in [0.4, 0.5) is 0 Å². The molecule has 0 radical (unpaired) electrons. The minimum Gasteiger partial charge on any atom is -0.465 e. The van der Waals surface area contributed by atoms with Gasteiger partial charge in [-0.25, -0.2) is 9.78 Å². The Morgan fingerprint density at radius 3 is 2.59 bits per heavy atom. The average molecular weight is 378 g/mol. The number of methoxy groups -OCH3 is 1. The van der Waals surface area contributed by atoms with Crippen LogP contribution in [0.2, 0.25) is 0 Å². The molecule has 0 atom stereocenters. The zero-order valence-electron chi connectivity index (χ0n) is 15.5. The minimum absolute atomic E-state index is 0.0894. The first kappa shape index (κ1) is 17.4. The van der Waals surface area contributed by atoms with Crippen molar-refractivity contribution in [1.82, 2.24) is 9.38 Å². The summed E-state index contributed by atoms with van der Waals surface area (Å²) < 4.78 is 9.55. The summed E-state index contributed by atoms with van der Waals surface area (Å²) in [5.41, 5.74) is 3.14. The lowest BCUT2D eigenvalue weighted by molar-refractivity contribution is -0.670. The van der Waals surface area contributed by atoms with Gasteiger partial charge in [-0.3, -0.25) is 0 Å². The lowest BCUT2D eigenvalue weighted by Gasteiger charge is -2.13. The number of hydrogen-bond donors (Lipinski definition) is 0. The Morgan fingerprint density at radius 2 is 1.93 bits per heavy atom. The van der Waals surface area contributed by atoms with Gasteiger partial charge in [0, 0.05) is 11.8 Å². The van der Waals surface area contributed by atoms with Crippen molar-refractivity contribution in [1.29, 1.82) is 0 Å². The third kappa shape index (κ3) is 3.02. The van der Waals surface area contributed by atoms with Crippen LogP contribution >= 0.6 is 11.3 Å². The molecule has 0 saturated carbocycles. The molecule has 0 aliphatic carbocycles. The molecule has 0 aliphatic heterocycles. The largest absolute Gasteiger partial charge is 0.465 e. The fourth-order valence-electron chi connectivity index (χ4n) is 3.40. The fourth-order valence-corrected chi connectivity index (χ4v) is 4.19. The van der Waals surface area contributed by atoms with Crippen molar-refractivity contribution in [3.05, 3.63) is 80.7 Å². The Labute approximate surface area is 161 Å². The summed E-state index contributed by atoms with van der Waals surface area (Å²) in [4.78, 5) is 18.8. The zero-order valence-corrected chi connectivity index (χ0v) is 16.3. The van der Waals surface area contributed by atoms with Crippen molar-refractivity contribution in [3.63, 3.8) is 0 Å². The van der Waals surface area contributed by atoms with E-state index >= 15 is 0 Å². The maximum Gasteiger partial charge on any atom is 0.354 e. The second-order valence-electron chi connectivity index (χ2n) is 6.37. The monoisotopic (exact) mass is 378 g/mol. The van der Waals surface area contributed by atoms with Gasteiger partial charge in [-0.05, 0) is 31.5 Å². The van der Waals surface area contributed by atoms with Gasteiger partial charge >= 0.3 is 11.4 Å². The Balaban J connectivity index is 2.10. The normalized spacial score (nSPS) is 11.1. The second kappa shape index (κ2) is 6.96. The number of benzene rings is 1. The predicted molar refractivity (Wildman–Crippen MR) is 107 cm³/mol. The van der Waals surface area contributed by atoms with Crippen molar-refractivity contribution >= 4 is 17.0 Å². The average Bonchev–Trinajstić information content (AvgIpc) is 3.09. The van der Waals surface area contributed by atoms with Gasteiger partial charge in [0.25, 0.3) is 5.65 Å². The number of ether oxygens (including phenoxy) is 1. The maximum atomic E-state index is 13.3. The highest BCUT2D eigenvalue weighted by Crippen LogP contribution is 2.25. The second-order valence-corrected chi connectivity index (χ2v) is 7.69. The van der Waals surface area contributed by atoms with Gasteiger partial charge in [0.2, 0.25) is 0 Å². The van der Waals surface area contributed by atoms with E-state index in [4.69, 9.17) is 4.74 Å². The molecule has 0 amide bonds. The molecule has 0 unspecified atom stereocenters. The van der Waals surface area contributed by atoms with Crippen LogP contribution in [-0.4, -0.2) is 16.5 Å². The van der Waals surface area contributed by atoms with Gasteiger partial charge in [-0.2, -0.15) is 8.97 Å². The number of aromatic nitrogens is 3. The number of rotatable bonds is 4. The third-order valence-corrected chi connectivity index (χ3v) is 5.45. The molecule has 3 aromatic heterocycles. The molecule has 0 fully saturated rings. The van der Waals surface area contributed by atoms with Gasteiger partial charge in [0.1, 0.15) is 6.54 Å². The van der Waals surface area contributed by atoms with Gasteiger partial charge in [-0.1, -0.05) is 30.3 Å². The van der Waals surface area contributed by atoms with E-state index in [1.165, 1.54) is 0 Å². The maximum absolute atomic E-state index is 13.3. The number of fused-ring (bicyclic) bond motifs is 1. The smallest absolute Gasteiger partial charge is 0.354 e. The number of thiazole rings is 1. The Hall–Kier alpha value is -2.99. The molecule has 3 heterocycles. The lowest BCUT2D eigenvalue weighted by Crippen LogP contribution is -2.43. The van der Waals surface area contributed by atoms with Gasteiger partial charge in [-0.15, -0.1) is 11.3 Å². The Kier molecular flexibility index (Phi) is 4.49. The molecule has 0 spiro atoms. The molecule has 5 nitrogen and oxygen atoms in total. The summed E-state index contributed by atoms with van der Waals surface area (Å²) in [6.07, 6.45) is 3.69. The summed E-state index contributed by atoms with van der Waals surface area (Å²) in [7, 11) is 1.62. The molecule has 27 heavy (non-hydrogen) atoms. The molecule has 136 valence electrons. The minimum atomic E-state index is -0.0894. The highest BCUT2D eigenvalue weighted by molar-refractivity contribution is 7.11. The molecule has 4 rings (SSSR count). The number of aryl methyl sites for hydroxylation is 2. The van der Waals surface area contributed by atoms with E-state index in [0.29, 0.717) is 18.0 Å². The van der Waals surface area contributed by atoms with Crippen LogP contribution in [0.3, 0.4) is 0 Å². The third-order valence-electron chi connectivity index (χ3n) is 4.55. The number of hydrogen-bond acceptors (Lipinski definition) is 4. The van der Waals surface area contributed by atoms with Crippen LogP contribution in [0.5, 0.6) is 5.88 Å². The lowest BCUT2D eigenvalue weighted by atomic mass is 10.1. The van der Waals surface area contributed by atoms with Crippen LogP contribution < -0.4 is 14.9 Å². The molecule has 0 N–H and O–H groups in total. The quantitative estimate of drug-likeness (QED) is 0.512. The highest BCUT2D eigenvalue weighted by atomic mass is 32.1. The van der Waals surface area contributed by atoms with E-state index in [1.54, 1.807) is 22.8 Å². The Morgan fingerprint density at radius 1 is 1.15 bits per heavy atom. The summed E-state index contributed by atoms with van der Waals surface area (Å²) >= 11 is 1.65. The van der Waals surface area contributed by atoms with Crippen molar-refractivity contribution in [2.45, 2.75) is 20.4 Å². The first-order valence-corrected chi connectivity index (χ1v) is 9.50. The molecular weight excluding hydrogens is 358 g/mol. The predicted octanol–water partition coefficient (Wildman–Crippen LogP) is 3.38. The van der Waals surface area contributed by atoms with Crippen molar-refractivity contribution in [2.75, 3.05) is 7.11 Å². The van der Waals surface area contributed by atoms with E-state index in [2.05, 4.69) is 9.55 Å². The molecule has 4 aromatic rings. The van der Waals surface area contributed by atoms with Crippen molar-refractivity contribution in [2.24, 2.45) is 0 Å². The van der Waals surface area contributed by atoms with Crippen LogP contribution in [-0.2, 0) is 6.54 Å². The van der Waals surface area contributed by atoms with E-state index in [1.807, 2.05) is 68.7 Å². The van der Waals surface area contributed by atoms with Crippen molar-refractivity contribution < 1.29 is 9.30 Å². The number of pyridine rings is 1. The molecule has 6 heteroatoms. The molecule has 0 bridgehead atoms. The van der Waals surface area contributed by atoms with E-state index in [-0.39, 0.29) is 5.56 Å². The first-order valence-electron chi connectivity index (χ1n) is 8.68. The highest BCUT2D eigenvalue weighted by Gasteiger charge is 2.27. The van der Waals surface area contributed by atoms with Crippen LogP contribution in [0, 0.1) is 13.8 Å². The SMILES string of the molecule is COc1c(-c2ccccc2)c(=O)n2cccc(C)c2[n+]1Cc1cnc(C)s1. The first-order chi connectivity index (χ1) is 13.1. The number of nitrogens with zero attached hydrogens (tertiary/aromatic N) is 3. The molecule has 0 saturated heterocycles. The standard InChI is InChI=1S/C21H20N3O2S/c1-14-8-7-11-23-19(14)24(13-17-12-22-15(2)27-17)21(26-3)18(20(23)25)16-9-5-4-6-10-16/h4-12H,13H2,1-3H3/q+1. The topological polar surface area (TPSA) is 47.5 Å². The Bertz CT molecular complexity index is 1180. The van der Waals surface area contributed by atoms with Crippen molar-refractivity contribution in [3.8, 4) is 17.0 Å². The van der Waals surface area contributed by atoms with Crippen LogP contribution in [0.1, 0.15) is 15.4 Å². The van der Waals surface area contributed by atoms with Gasteiger partial charge < -0.3 is 4.74 Å².